The average molecular weight is 783 g/mol. The molecular weight excluding hydrogens is 741 g/mol. The third-order valence-corrected chi connectivity index (χ3v) is 12.7. The summed E-state index contributed by atoms with van der Waals surface area (Å²) in [7, 11) is 0. The average Bonchev–Trinajstić information content (AvgIpc) is 3.68. The number of nitrogens with zero attached hydrogens (tertiary/aromatic N) is 4. The number of hydrogen-bond donors (Lipinski definition) is 0. The molecule has 8 aromatic carbocycles. The van der Waals surface area contributed by atoms with Crippen LogP contribution in [-0.4, -0.2) is 6.04 Å². The summed E-state index contributed by atoms with van der Waals surface area (Å²) in [5, 5.41) is 0. The lowest BCUT2D eigenvalue weighted by Gasteiger charge is -2.46. The van der Waals surface area contributed by atoms with E-state index >= 15 is 0 Å². The number of rotatable bonds is 7. The zero-order valence-corrected chi connectivity index (χ0v) is 33.5. The minimum Gasteiger partial charge on any atom is -0.320 e. The standard InChI is InChI=1S/C57H42N4/c1-6-20-40(21-7-1)41-22-18-31-46(38-41)61-52-35-19-34-51-56(52)54(55-48-32-16-17-33-50(48)60(57(55)61)45-29-14-5-15-30-45)49-37-36-47(39-53(49)59(51)44-27-12-4-13-28-44)58(42-23-8-2-9-24-42)43-25-10-3-11-26-43/h1-39,48,50,54H. The molecule has 4 nitrogen and oxygen atoms in total. The van der Waals surface area contributed by atoms with Crippen molar-refractivity contribution in [2.45, 2.75) is 12.0 Å². The molecule has 12 rings (SSSR count). The molecule has 3 unspecified atom stereocenters. The Labute approximate surface area is 357 Å². The van der Waals surface area contributed by atoms with E-state index in [1.54, 1.807) is 0 Å². The highest BCUT2D eigenvalue weighted by Crippen LogP contribution is 2.63. The van der Waals surface area contributed by atoms with E-state index in [9.17, 15) is 0 Å². The second-order valence-electron chi connectivity index (χ2n) is 16.1. The van der Waals surface area contributed by atoms with Crippen LogP contribution in [0.3, 0.4) is 0 Å². The maximum absolute atomic E-state index is 2.61. The Kier molecular flexibility index (Phi) is 8.34. The van der Waals surface area contributed by atoms with E-state index in [-0.39, 0.29) is 17.9 Å². The zero-order chi connectivity index (χ0) is 40.3. The van der Waals surface area contributed by atoms with Gasteiger partial charge in [0.15, 0.2) is 0 Å². The van der Waals surface area contributed by atoms with Gasteiger partial charge in [-0.15, -0.1) is 0 Å². The van der Waals surface area contributed by atoms with Crippen LogP contribution in [0.2, 0.25) is 0 Å². The molecular formula is C57H42N4. The fourth-order valence-electron chi connectivity index (χ4n) is 10.2. The Bertz CT molecular complexity index is 2960. The first-order valence-electron chi connectivity index (χ1n) is 21.2. The lowest BCUT2D eigenvalue weighted by molar-refractivity contribution is 0.650. The summed E-state index contributed by atoms with van der Waals surface area (Å²) < 4.78 is 0. The molecule has 61 heavy (non-hydrogen) atoms. The largest absolute Gasteiger partial charge is 0.320 e. The van der Waals surface area contributed by atoms with Gasteiger partial charge in [0.2, 0.25) is 0 Å². The van der Waals surface area contributed by atoms with Gasteiger partial charge in [-0.25, -0.2) is 0 Å². The molecule has 3 atom stereocenters. The third-order valence-electron chi connectivity index (χ3n) is 12.7. The second-order valence-corrected chi connectivity index (χ2v) is 16.1. The van der Waals surface area contributed by atoms with Crippen LogP contribution < -0.4 is 19.6 Å². The Morgan fingerprint density at radius 1 is 0.393 bits per heavy atom. The van der Waals surface area contributed by atoms with Gasteiger partial charge in [0.05, 0.1) is 23.1 Å². The molecule has 0 spiro atoms. The molecule has 0 amide bonds. The van der Waals surface area contributed by atoms with Crippen LogP contribution in [0.1, 0.15) is 17.0 Å². The highest BCUT2D eigenvalue weighted by Gasteiger charge is 2.52. The highest BCUT2D eigenvalue weighted by atomic mass is 15.4. The van der Waals surface area contributed by atoms with Crippen molar-refractivity contribution in [2.75, 3.05) is 19.6 Å². The number of hydrogen-bond acceptors (Lipinski definition) is 4. The topological polar surface area (TPSA) is 13.0 Å². The number of anilines is 9. The summed E-state index contributed by atoms with van der Waals surface area (Å²) in [6.45, 7) is 0. The number of benzene rings is 8. The lowest BCUT2D eigenvalue weighted by atomic mass is 9.72. The van der Waals surface area contributed by atoms with Crippen LogP contribution in [-0.2, 0) is 0 Å². The predicted octanol–water partition coefficient (Wildman–Crippen LogP) is 14.7. The summed E-state index contributed by atoms with van der Waals surface area (Å²) in [5.41, 5.74) is 16.8. The molecule has 0 radical (unpaired) electrons. The molecule has 4 heteroatoms. The molecule has 0 saturated carbocycles. The molecule has 4 aliphatic rings. The number of fused-ring (bicyclic) bond motifs is 5. The van der Waals surface area contributed by atoms with Gasteiger partial charge < -0.3 is 14.7 Å². The molecule has 3 heterocycles. The summed E-state index contributed by atoms with van der Waals surface area (Å²) in [6, 6.07) is 77.4. The molecule has 0 bridgehead atoms. The fraction of sp³-hybridized carbons (Fsp3) is 0.0526. The van der Waals surface area contributed by atoms with Crippen molar-refractivity contribution >= 4 is 51.2 Å². The smallest absolute Gasteiger partial charge is 0.119 e. The Morgan fingerprint density at radius 3 is 1.64 bits per heavy atom. The molecule has 3 aliphatic heterocycles. The van der Waals surface area contributed by atoms with E-state index in [1.807, 2.05) is 0 Å². The molecule has 290 valence electrons. The van der Waals surface area contributed by atoms with Crippen LogP contribution in [0.4, 0.5) is 51.2 Å². The first-order chi connectivity index (χ1) is 30.3. The Morgan fingerprint density at radius 2 is 0.951 bits per heavy atom. The molecule has 0 saturated heterocycles. The highest BCUT2D eigenvalue weighted by molar-refractivity contribution is 5.96. The van der Waals surface area contributed by atoms with Crippen molar-refractivity contribution in [3.63, 3.8) is 0 Å². The van der Waals surface area contributed by atoms with E-state index in [0.29, 0.717) is 0 Å². The van der Waals surface area contributed by atoms with E-state index in [4.69, 9.17) is 0 Å². The van der Waals surface area contributed by atoms with Crippen molar-refractivity contribution in [1.82, 2.24) is 0 Å². The SMILES string of the molecule is C1=CC2C3=C(N(c4cccc(-c5ccccc5)c4)c4cccc5c4C3c3ccc(N(c4ccccc4)c4ccccc4)cc3N5c3ccccc3)N(c3ccccc3)C2C=C1. The van der Waals surface area contributed by atoms with Gasteiger partial charge in [0.25, 0.3) is 0 Å². The first-order valence-corrected chi connectivity index (χ1v) is 21.2. The van der Waals surface area contributed by atoms with E-state index < -0.39 is 0 Å². The Balaban J connectivity index is 1.15. The van der Waals surface area contributed by atoms with Crippen LogP contribution in [0, 0.1) is 5.92 Å². The summed E-state index contributed by atoms with van der Waals surface area (Å²) >= 11 is 0. The van der Waals surface area contributed by atoms with E-state index in [1.165, 1.54) is 56.4 Å². The zero-order valence-electron chi connectivity index (χ0n) is 33.5. The summed E-state index contributed by atoms with van der Waals surface area (Å²) in [6.07, 6.45) is 9.33. The van der Waals surface area contributed by atoms with E-state index in [2.05, 4.69) is 256 Å². The van der Waals surface area contributed by atoms with E-state index in [0.717, 1.165) is 28.4 Å². The van der Waals surface area contributed by atoms with Gasteiger partial charge in [0, 0.05) is 51.5 Å². The van der Waals surface area contributed by atoms with Crippen molar-refractivity contribution in [3.05, 3.63) is 259 Å². The van der Waals surface area contributed by atoms with Gasteiger partial charge >= 0.3 is 0 Å². The van der Waals surface area contributed by atoms with Crippen LogP contribution in [0.5, 0.6) is 0 Å². The van der Waals surface area contributed by atoms with Gasteiger partial charge in [-0.05, 0) is 107 Å². The molecule has 0 fully saturated rings. The molecule has 1 aliphatic carbocycles. The molecule has 8 aromatic rings. The first kappa shape index (κ1) is 35.2. The molecule has 0 aromatic heterocycles. The maximum Gasteiger partial charge on any atom is 0.119 e. The maximum atomic E-state index is 2.61. The van der Waals surface area contributed by atoms with Gasteiger partial charge in [-0.2, -0.15) is 0 Å². The van der Waals surface area contributed by atoms with Crippen LogP contribution >= 0.6 is 0 Å². The minimum absolute atomic E-state index is 0.00182. The summed E-state index contributed by atoms with van der Waals surface area (Å²) in [4.78, 5) is 10.1. The minimum atomic E-state index is -0.00182. The molecule has 0 N–H and O–H groups in total. The Hall–Kier alpha value is -7.82. The van der Waals surface area contributed by atoms with Crippen molar-refractivity contribution in [1.29, 1.82) is 0 Å². The number of allylic oxidation sites excluding steroid dienone is 2. The van der Waals surface area contributed by atoms with Crippen LogP contribution in [0.25, 0.3) is 11.1 Å². The normalized spacial score (nSPS) is 18.0. The lowest BCUT2D eigenvalue weighted by Crippen LogP contribution is -2.38. The van der Waals surface area contributed by atoms with Gasteiger partial charge in [-0.1, -0.05) is 152 Å². The van der Waals surface area contributed by atoms with Crippen LogP contribution in [0.15, 0.2) is 248 Å². The third kappa shape index (κ3) is 5.67. The van der Waals surface area contributed by atoms with Crippen molar-refractivity contribution in [3.8, 4) is 11.1 Å². The summed E-state index contributed by atoms with van der Waals surface area (Å²) in [5.74, 6) is 1.38. The van der Waals surface area contributed by atoms with Crippen molar-refractivity contribution in [2.24, 2.45) is 5.92 Å². The second kappa shape index (κ2) is 14.5. The predicted molar refractivity (Wildman–Crippen MR) is 253 cm³/mol. The fourth-order valence-corrected chi connectivity index (χ4v) is 10.2. The quantitative estimate of drug-likeness (QED) is 0.160. The van der Waals surface area contributed by atoms with Gasteiger partial charge in [0.1, 0.15) is 5.82 Å². The monoisotopic (exact) mass is 782 g/mol. The van der Waals surface area contributed by atoms with Gasteiger partial charge in [-0.3, -0.25) is 4.90 Å². The number of para-hydroxylation sites is 4. The van der Waals surface area contributed by atoms with Crippen molar-refractivity contribution < 1.29 is 0 Å².